The van der Waals surface area contributed by atoms with Crippen LogP contribution in [-0.2, 0) is 13.0 Å². The van der Waals surface area contributed by atoms with E-state index in [4.69, 9.17) is 22.1 Å². The topological polar surface area (TPSA) is 53.1 Å². The van der Waals surface area contributed by atoms with Crippen LogP contribution in [-0.4, -0.2) is 16.4 Å². The smallest absolute Gasteiger partial charge is 0.140 e. The molecule has 0 amide bonds. The van der Waals surface area contributed by atoms with Gasteiger partial charge in [-0.05, 0) is 17.2 Å². The fourth-order valence-corrected chi connectivity index (χ4v) is 2.15. The number of nitrogens with zero attached hydrogens (tertiary/aromatic N) is 2. The van der Waals surface area contributed by atoms with E-state index in [2.05, 4.69) is 11.2 Å². The van der Waals surface area contributed by atoms with Gasteiger partial charge in [-0.1, -0.05) is 23.7 Å². The van der Waals surface area contributed by atoms with E-state index in [0.29, 0.717) is 17.4 Å². The molecule has 0 saturated heterocycles. The van der Waals surface area contributed by atoms with Crippen LogP contribution in [0.4, 0.5) is 5.82 Å². The number of halogens is 1. The molecule has 0 spiro atoms. The molecular weight excluding hydrogens is 238 g/mol. The number of nitrogens with two attached hydrogens (primary N) is 1. The third kappa shape index (κ3) is 1.85. The zero-order chi connectivity index (χ0) is 11.8. The maximum atomic E-state index is 5.86. The SMILES string of the molecule is Nc1c(Cl)cnn1Cc1ccc2c(c1)CCO2. The number of fused-ring (bicyclic) bond motifs is 1. The van der Waals surface area contributed by atoms with Crippen molar-refractivity contribution in [1.82, 2.24) is 9.78 Å². The standard InChI is InChI=1S/C12H12ClN3O/c13-10-6-15-16(12(10)14)7-8-1-2-11-9(5-8)3-4-17-11/h1-2,5-6H,3-4,7,14H2. The highest BCUT2D eigenvalue weighted by Crippen LogP contribution is 2.26. The summed E-state index contributed by atoms with van der Waals surface area (Å²) in [5.74, 6) is 1.49. The molecule has 1 aromatic carbocycles. The highest BCUT2D eigenvalue weighted by atomic mass is 35.5. The molecule has 2 N–H and O–H groups in total. The first-order valence-electron chi connectivity index (χ1n) is 5.45. The molecule has 0 atom stereocenters. The van der Waals surface area contributed by atoms with Gasteiger partial charge in [0.25, 0.3) is 0 Å². The second-order valence-corrected chi connectivity index (χ2v) is 4.48. The lowest BCUT2D eigenvalue weighted by molar-refractivity contribution is 0.357. The number of hydrogen-bond donors (Lipinski definition) is 1. The predicted molar refractivity (Wildman–Crippen MR) is 66.4 cm³/mol. The minimum Gasteiger partial charge on any atom is -0.493 e. The molecule has 0 radical (unpaired) electrons. The lowest BCUT2D eigenvalue weighted by Crippen LogP contribution is -2.06. The number of aromatic nitrogens is 2. The van der Waals surface area contributed by atoms with Gasteiger partial charge in [0.1, 0.15) is 16.6 Å². The summed E-state index contributed by atoms with van der Waals surface area (Å²) in [6.45, 7) is 1.40. The van der Waals surface area contributed by atoms with Gasteiger partial charge in [-0.2, -0.15) is 5.10 Å². The van der Waals surface area contributed by atoms with Crippen molar-refractivity contribution in [2.45, 2.75) is 13.0 Å². The second-order valence-electron chi connectivity index (χ2n) is 4.08. The second kappa shape index (κ2) is 3.96. The molecular formula is C12H12ClN3O. The molecule has 0 saturated carbocycles. The van der Waals surface area contributed by atoms with Crippen LogP contribution >= 0.6 is 11.6 Å². The quantitative estimate of drug-likeness (QED) is 0.887. The predicted octanol–water partition coefficient (Wildman–Crippen LogP) is 2.10. The molecule has 2 heterocycles. The van der Waals surface area contributed by atoms with Gasteiger partial charge in [0, 0.05) is 6.42 Å². The first-order valence-corrected chi connectivity index (χ1v) is 5.83. The van der Waals surface area contributed by atoms with Crippen molar-refractivity contribution in [3.63, 3.8) is 0 Å². The Kier molecular flexibility index (Phi) is 2.44. The fourth-order valence-electron chi connectivity index (χ4n) is 2.01. The van der Waals surface area contributed by atoms with Gasteiger partial charge in [0.05, 0.1) is 19.3 Å². The van der Waals surface area contributed by atoms with Gasteiger partial charge in [-0.15, -0.1) is 0 Å². The van der Waals surface area contributed by atoms with E-state index in [1.165, 1.54) is 5.56 Å². The largest absolute Gasteiger partial charge is 0.493 e. The molecule has 17 heavy (non-hydrogen) atoms. The molecule has 3 rings (SSSR count). The monoisotopic (exact) mass is 249 g/mol. The normalized spacial score (nSPS) is 13.5. The number of rotatable bonds is 2. The summed E-state index contributed by atoms with van der Waals surface area (Å²) >= 11 is 5.86. The van der Waals surface area contributed by atoms with Crippen LogP contribution < -0.4 is 10.5 Å². The Bertz CT molecular complexity index is 565. The van der Waals surface area contributed by atoms with E-state index in [1.807, 2.05) is 12.1 Å². The first kappa shape index (κ1) is 10.5. The van der Waals surface area contributed by atoms with E-state index < -0.39 is 0 Å². The Labute approximate surface area is 104 Å². The summed E-state index contributed by atoms with van der Waals surface area (Å²) in [5.41, 5.74) is 8.21. The number of benzene rings is 1. The van der Waals surface area contributed by atoms with Gasteiger partial charge >= 0.3 is 0 Å². The summed E-state index contributed by atoms with van der Waals surface area (Å²) in [7, 11) is 0. The van der Waals surface area contributed by atoms with Crippen LogP contribution in [0.3, 0.4) is 0 Å². The molecule has 5 heteroatoms. The van der Waals surface area contributed by atoms with E-state index in [-0.39, 0.29) is 0 Å². The molecule has 0 fully saturated rings. The number of anilines is 1. The van der Waals surface area contributed by atoms with Gasteiger partial charge in [0.2, 0.25) is 0 Å². The summed E-state index contributed by atoms with van der Waals surface area (Å²) < 4.78 is 7.16. The first-order chi connectivity index (χ1) is 8.24. The molecule has 1 aliphatic rings. The van der Waals surface area contributed by atoms with Gasteiger partial charge in [-0.3, -0.25) is 0 Å². The summed E-state index contributed by atoms with van der Waals surface area (Å²) in [4.78, 5) is 0. The van der Waals surface area contributed by atoms with Crippen molar-refractivity contribution < 1.29 is 4.74 Å². The molecule has 88 valence electrons. The number of hydrogen-bond acceptors (Lipinski definition) is 3. The summed E-state index contributed by atoms with van der Waals surface area (Å²) in [6, 6.07) is 6.16. The van der Waals surface area contributed by atoms with E-state index >= 15 is 0 Å². The fraction of sp³-hybridized carbons (Fsp3) is 0.250. The minimum atomic E-state index is 0.495. The van der Waals surface area contributed by atoms with Crippen LogP contribution in [0.25, 0.3) is 0 Å². The van der Waals surface area contributed by atoms with Gasteiger partial charge in [0.15, 0.2) is 0 Å². The van der Waals surface area contributed by atoms with Gasteiger partial charge < -0.3 is 10.5 Å². The molecule has 1 aromatic heterocycles. The number of nitrogen functional groups attached to an aromatic ring is 1. The minimum absolute atomic E-state index is 0.495. The molecule has 1 aliphatic heterocycles. The maximum Gasteiger partial charge on any atom is 0.140 e. The molecule has 0 aliphatic carbocycles. The van der Waals surface area contributed by atoms with Crippen molar-refractivity contribution in [2.24, 2.45) is 0 Å². The average Bonchev–Trinajstić information content (AvgIpc) is 2.90. The van der Waals surface area contributed by atoms with Crippen LogP contribution in [0.15, 0.2) is 24.4 Å². The Balaban J connectivity index is 1.88. The van der Waals surface area contributed by atoms with E-state index in [9.17, 15) is 0 Å². The van der Waals surface area contributed by atoms with Crippen molar-refractivity contribution in [1.29, 1.82) is 0 Å². The number of ether oxygens (including phenoxy) is 1. The highest BCUT2D eigenvalue weighted by Gasteiger charge is 2.13. The lowest BCUT2D eigenvalue weighted by Gasteiger charge is -2.06. The molecule has 0 bridgehead atoms. The Hall–Kier alpha value is -1.68. The molecule has 0 unspecified atom stereocenters. The van der Waals surface area contributed by atoms with Crippen molar-refractivity contribution in [3.05, 3.63) is 40.5 Å². The zero-order valence-electron chi connectivity index (χ0n) is 9.19. The zero-order valence-corrected chi connectivity index (χ0v) is 9.94. The van der Waals surface area contributed by atoms with Crippen molar-refractivity contribution >= 4 is 17.4 Å². The van der Waals surface area contributed by atoms with Gasteiger partial charge in [-0.25, -0.2) is 4.68 Å². The summed E-state index contributed by atoms with van der Waals surface area (Å²) in [6.07, 6.45) is 2.53. The summed E-state index contributed by atoms with van der Waals surface area (Å²) in [5, 5.41) is 4.63. The Morgan fingerprint density at radius 1 is 1.47 bits per heavy atom. The van der Waals surface area contributed by atoms with Crippen LogP contribution in [0.1, 0.15) is 11.1 Å². The van der Waals surface area contributed by atoms with Crippen molar-refractivity contribution in [3.8, 4) is 5.75 Å². The molecule has 2 aromatic rings. The Morgan fingerprint density at radius 2 is 2.35 bits per heavy atom. The van der Waals surface area contributed by atoms with E-state index in [0.717, 1.165) is 24.3 Å². The Morgan fingerprint density at radius 3 is 3.12 bits per heavy atom. The average molecular weight is 250 g/mol. The molecule has 4 nitrogen and oxygen atoms in total. The van der Waals surface area contributed by atoms with Crippen molar-refractivity contribution in [2.75, 3.05) is 12.3 Å². The third-order valence-corrected chi connectivity index (χ3v) is 3.21. The lowest BCUT2D eigenvalue weighted by atomic mass is 10.1. The van der Waals surface area contributed by atoms with Crippen LogP contribution in [0, 0.1) is 0 Å². The third-order valence-electron chi connectivity index (χ3n) is 2.92. The van der Waals surface area contributed by atoms with Crippen LogP contribution in [0.5, 0.6) is 5.75 Å². The maximum absolute atomic E-state index is 5.86. The highest BCUT2D eigenvalue weighted by molar-refractivity contribution is 6.32. The van der Waals surface area contributed by atoms with E-state index in [1.54, 1.807) is 10.9 Å². The van der Waals surface area contributed by atoms with Crippen LogP contribution in [0.2, 0.25) is 5.02 Å².